The Morgan fingerprint density at radius 2 is 2.15 bits per heavy atom. The van der Waals surface area contributed by atoms with Crippen molar-refractivity contribution in [3.63, 3.8) is 0 Å². The highest BCUT2D eigenvalue weighted by Crippen LogP contribution is 2.29. The second kappa shape index (κ2) is 6.23. The number of nitrogens with zero attached hydrogens (tertiary/aromatic N) is 1. The molecule has 0 saturated heterocycles. The summed E-state index contributed by atoms with van der Waals surface area (Å²) in [7, 11) is 1.61. The van der Waals surface area contributed by atoms with Crippen molar-refractivity contribution in [1.82, 2.24) is 4.98 Å². The van der Waals surface area contributed by atoms with Gasteiger partial charge in [0.2, 0.25) is 0 Å². The summed E-state index contributed by atoms with van der Waals surface area (Å²) in [5, 5.41) is 4.06. The van der Waals surface area contributed by atoms with E-state index < -0.39 is 0 Å². The van der Waals surface area contributed by atoms with Gasteiger partial charge in [-0.25, -0.2) is 4.79 Å². The highest BCUT2D eigenvalue weighted by molar-refractivity contribution is 6.05. The summed E-state index contributed by atoms with van der Waals surface area (Å²) in [6, 6.07) is 5.57. The number of pyridine rings is 1. The Morgan fingerprint density at radius 1 is 1.35 bits per heavy atom. The van der Waals surface area contributed by atoms with Crippen LogP contribution in [0.2, 0.25) is 0 Å². The lowest BCUT2D eigenvalue weighted by Gasteiger charge is -2.13. The van der Waals surface area contributed by atoms with Gasteiger partial charge in [0.05, 0.1) is 24.9 Å². The SMILES string of the molecule is CCNc1c(C(=O)OCC)cnc2ccc(OC)cc12. The van der Waals surface area contributed by atoms with Crippen molar-refractivity contribution >= 4 is 22.6 Å². The number of rotatable bonds is 5. The zero-order chi connectivity index (χ0) is 14.5. The molecule has 0 fully saturated rings. The fourth-order valence-corrected chi connectivity index (χ4v) is 2.03. The summed E-state index contributed by atoms with van der Waals surface area (Å²) in [5.41, 5.74) is 1.97. The van der Waals surface area contributed by atoms with Crippen LogP contribution in [0.5, 0.6) is 5.75 Å². The largest absolute Gasteiger partial charge is 0.497 e. The van der Waals surface area contributed by atoms with E-state index in [1.807, 2.05) is 25.1 Å². The van der Waals surface area contributed by atoms with Crippen molar-refractivity contribution in [1.29, 1.82) is 0 Å². The van der Waals surface area contributed by atoms with E-state index in [2.05, 4.69) is 10.3 Å². The summed E-state index contributed by atoms with van der Waals surface area (Å²) in [5.74, 6) is 0.347. The monoisotopic (exact) mass is 274 g/mol. The smallest absolute Gasteiger partial charge is 0.341 e. The molecule has 0 aliphatic heterocycles. The molecule has 0 amide bonds. The third kappa shape index (κ3) is 2.66. The lowest BCUT2D eigenvalue weighted by atomic mass is 10.1. The number of ether oxygens (including phenoxy) is 2. The number of methoxy groups -OCH3 is 1. The Morgan fingerprint density at radius 3 is 2.80 bits per heavy atom. The lowest BCUT2D eigenvalue weighted by molar-refractivity contribution is 0.0527. The Balaban J connectivity index is 2.63. The van der Waals surface area contributed by atoms with Gasteiger partial charge in [0.1, 0.15) is 11.3 Å². The van der Waals surface area contributed by atoms with Crippen molar-refractivity contribution in [2.45, 2.75) is 13.8 Å². The van der Waals surface area contributed by atoms with Gasteiger partial charge in [0.25, 0.3) is 0 Å². The quantitative estimate of drug-likeness (QED) is 0.849. The maximum absolute atomic E-state index is 12.0. The third-order valence-electron chi connectivity index (χ3n) is 2.92. The molecule has 1 N–H and O–H groups in total. The zero-order valence-corrected chi connectivity index (χ0v) is 11.9. The molecule has 0 spiro atoms. The standard InChI is InChI=1S/C15H18N2O3/c1-4-16-14-11-8-10(19-3)6-7-13(11)17-9-12(14)15(18)20-5-2/h6-9H,4-5H2,1-3H3,(H,16,17). The molecular formula is C15H18N2O3. The average Bonchev–Trinajstić information content (AvgIpc) is 2.47. The predicted molar refractivity (Wildman–Crippen MR) is 78.4 cm³/mol. The number of hydrogen-bond donors (Lipinski definition) is 1. The number of esters is 1. The second-order valence-corrected chi connectivity index (χ2v) is 4.18. The van der Waals surface area contributed by atoms with Crippen molar-refractivity contribution in [2.24, 2.45) is 0 Å². The molecule has 0 unspecified atom stereocenters. The number of anilines is 1. The van der Waals surface area contributed by atoms with E-state index in [4.69, 9.17) is 9.47 Å². The van der Waals surface area contributed by atoms with Crippen LogP contribution < -0.4 is 10.1 Å². The molecule has 2 aromatic rings. The molecule has 1 aromatic heterocycles. The molecule has 1 heterocycles. The zero-order valence-electron chi connectivity index (χ0n) is 11.9. The summed E-state index contributed by atoms with van der Waals surface area (Å²) in [6.45, 7) is 4.78. The Labute approximate surface area is 117 Å². The fraction of sp³-hybridized carbons (Fsp3) is 0.333. The molecule has 0 saturated carbocycles. The van der Waals surface area contributed by atoms with Crippen LogP contribution in [0.3, 0.4) is 0 Å². The maximum atomic E-state index is 12.0. The summed E-state index contributed by atoms with van der Waals surface area (Å²) >= 11 is 0. The third-order valence-corrected chi connectivity index (χ3v) is 2.92. The molecule has 5 heteroatoms. The number of nitrogens with one attached hydrogen (secondary N) is 1. The Bertz CT molecular complexity index is 626. The number of carbonyl (C=O) groups is 1. The van der Waals surface area contributed by atoms with Gasteiger partial charge in [-0.1, -0.05) is 0 Å². The molecule has 1 aromatic carbocycles. The van der Waals surface area contributed by atoms with Crippen LogP contribution in [0.1, 0.15) is 24.2 Å². The van der Waals surface area contributed by atoms with E-state index in [0.29, 0.717) is 18.7 Å². The molecule has 0 aliphatic rings. The first-order valence-electron chi connectivity index (χ1n) is 6.59. The van der Waals surface area contributed by atoms with Crippen LogP contribution in [-0.4, -0.2) is 31.2 Å². The number of hydrogen-bond acceptors (Lipinski definition) is 5. The van der Waals surface area contributed by atoms with Gasteiger partial charge in [-0.05, 0) is 32.0 Å². The molecule has 106 valence electrons. The topological polar surface area (TPSA) is 60.5 Å². The molecule has 0 aliphatic carbocycles. The van der Waals surface area contributed by atoms with Crippen LogP contribution in [0.15, 0.2) is 24.4 Å². The van der Waals surface area contributed by atoms with Gasteiger partial charge in [0.15, 0.2) is 0 Å². The minimum absolute atomic E-state index is 0.334. The van der Waals surface area contributed by atoms with Gasteiger partial charge >= 0.3 is 5.97 Å². The number of fused-ring (bicyclic) bond motifs is 1. The maximum Gasteiger partial charge on any atom is 0.341 e. The predicted octanol–water partition coefficient (Wildman–Crippen LogP) is 2.85. The van der Waals surface area contributed by atoms with Gasteiger partial charge in [-0.15, -0.1) is 0 Å². The fourth-order valence-electron chi connectivity index (χ4n) is 2.03. The van der Waals surface area contributed by atoms with Crippen LogP contribution in [0, 0.1) is 0 Å². The van der Waals surface area contributed by atoms with Gasteiger partial charge in [-0.3, -0.25) is 4.98 Å². The average molecular weight is 274 g/mol. The Hall–Kier alpha value is -2.30. The van der Waals surface area contributed by atoms with Gasteiger partial charge in [0, 0.05) is 18.1 Å². The van der Waals surface area contributed by atoms with Crippen molar-refractivity contribution in [3.8, 4) is 5.75 Å². The van der Waals surface area contributed by atoms with Crippen molar-refractivity contribution < 1.29 is 14.3 Å². The number of carbonyl (C=O) groups excluding carboxylic acids is 1. The van der Waals surface area contributed by atoms with Gasteiger partial charge in [-0.2, -0.15) is 0 Å². The molecule has 20 heavy (non-hydrogen) atoms. The van der Waals surface area contributed by atoms with Crippen molar-refractivity contribution in [2.75, 3.05) is 25.6 Å². The molecule has 2 rings (SSSR count). The number of benzene rings is 1. The van der Waals surface area contributed by atoms with E-state index in [9.17, 15) is 4.79 Å². The van der Waals surface area contributed by atoms with E-state index in [-0.39, 0.29) is 5.97 Å². The molecule has 5 nitrogen and oxygen atoms in total. The van der Waals surface area contributed by atoms with E-state index in [1.54, 1.807) is 20.2 Å². The summed E-state index contributed by atoms with van der Waals surface area (Å²) < 4.78 is 10.3. The first-order chi connectivity index (χ1) is 9.71. The first kappa shape index (κ1) is 14.1. The van der Waals surface area contributed by atoms with E-state index >= 15 is 0 Å². The second-order valence-electron chi connectivity index (χ2n) is 4.18. The highest BCUT2D eigenvalue weighted by atomic mass is 16.5. The lowest BCUT2D eigenvalue weighted by Crippen LogP contribution is -2.11. The van der Waals surface area contributed by atoms with Gasteiger partial charge < -0.3 is 14.8 Å². The normalized spacial score (nSPS) is 10.3. The van der Waals surface area contributed by atoms with Crippen LogP contribution in [0.4, 0.5) is 5.69 Å². The highest BCUT2D eigenvalue weighted by Gasteiger charge is 2.16. The Kier molecular flexibility index (Phi) is 4.40. The minimum Gasteiger partial charge on any atom is -0.497 e. The summed E-state index contributed by atoms with van der Waals surface area (Å²) in [4.78, 5) is 16.3. The van der Waals surface area contributed by atoms with Crippen LogP contribution in [-0.2, 0) is 4.74 Å². The minimum atomic E-state index is -0.374. The van der Waals surface area contributed by atoms with Crippen LogP contribution >= 0.6 is 0 Å². The molecule has 0 atom stereocenters. The molecule has 0 radical (unpaired) electrons. The van der Waals surface area contributed by atoms with E-state index in [0.717, 1.165) is 22.3 Å². The molecular weight excluding hydrogens is 256 g/mol. The van der Waals surface area contributed by atoms with E-state index in [1.165, 1.54) is 0 Å². The van der Waals surface area contributed by atoms with Crippen molar-refractivity contribution in [3.05, 3.63) is 30.0 Å². The number of aromatic nitrogens is 1. The first-order valence-corrected chi connectivity index (χ1v) is 6.59. The molecule has 0 bridgehead atoms. The summed E-state index contributed by atoms with van der Waals surface area (Å²) in [6.07, 6.45) is 1.55. The van der Waals surface area contributed by atoms with Crippen LogP contribution in [0.25, 0.3) is 10.9 Å².